The Labute approximate surface area is 95.1 Å². The minimum atomic E-state index is -3.35. The van der Waals surface area contributed by atoms with Crippen LogP contribution in [-0.2, 0) is 20.7 Å². The topological polar surface area (TPSA) is 43.4 Å². The molecule has 0 atom stereocenters. The SMILES string of the molecule is Cc1ccc(CCOS(C)(=O)=O)cc1Cl. The predicted octanol–water partition coefficient (Wildman–Crippen LogP) is 2.17. The van der Waals surface area contributed by atoms with Crippen LogP contribution >= 0.6 is 11.6 Å². The summed E-state index contributed by atoms with van der Waals surface area (Å²) < 4.78 is 26.0. The van der Waals surface area contributed by atoms with Gasteiger partial charge in [-0.05, 0) is 30.5 Å². The van der Waals surface area contributed by atoms with Crippen LogP contribution in [0.1, 0.15) is 11.1 Å². The first-order chi connectivity index (χ1) is 6.88. The molecule has 15 heavy (non-hydrogen) atoms. The van der Waals surface area contributed by atoms with E-state index in [4.69, 9.17) is 11.6 Å². The zero-order valence-electron chi connectivity index (χ0n) is 8.66. The Hall–Kier alpha value is -0.580. The molecule has 0 saturated carbocycles. The van der Waals surface area contributed by atoms with E-state index in [1.165, 1.54) is 0 Å². The number of hydrogen-bond donors (Lipinski definition) is 0. The van der Waals surface area contributed by atoms with Crippen molar-refractivity contribution in [3.05, 3.63) is 34.3 Å². The van der Waals surface area contributed by atoms with Crippen molar-refractivity contribution in [3.63, 3.8) is 0 Å². The lowest BCUT2D eigenvalue weighted by molar-refractivity contribution is 0.326. The summed E-state index contributed by atoms with van der Waals surface area (Å²) in [5.74, 6) is 0. The summed E-state index contributed by atoms with van der Waals surface area (Å²) in [6, 6.07) is 5.63. The maximum absolute atomic E-state index is 10.7. The summed E-state index contributed by atoms with van der Waals surface area (Å²) >= 11 is 5.92. The lowest BCUT2D eigenvalue weighted by atomic mass is 10.1. The molecule has 0 aromatic heterocycles. The fourth-order valence-corrected chi connectivity index (χ4v) is 1.69. The van der Waals surface area contributed by atoms with Crippen molar-refractivity contribution in [3.8, 4) is 0 Å². The van der Waals surface area contributed by atoms with Crippen molar-refractivity contribution >= 4 is 21.7 Å². The highest BCUT2D eigenvalue weighted by atomic mass is 35.5. The van der Waals surface area contributed by atoms with Crippen molar-refractivity contribution in [1.82, 2.24) is 0 Å². The molecule has 84 valence electrons. The fourth-order valence-electron chi connectivity index (χ4n) is 1.10. The number of hydrogen-bond acceptors (Lipinski definition) is 3. The summed E-state index contributed by atoms with van der Waals surface area (Å²) in [7, 11) is -3.35. The van der Waals surface area contributed by atoms with Gasteiger partial charge in [0.1, 0.15) is 0 Å². The van der Waals surface area contributed by atoms with Crippen molar-refractivity contribution in [2.45, 2.75) is 13.3 Å². The summed E-state index contributed by atoms with van der Waals surface area (Å²) in [4.78, 5) is 0. The lowest BCUT2D eigenvalue weighted by Crippen LogP contribution is -2.06. The molecule has 0 saturated heterocycles. The molecule has 0 radical (unpaired) electrons. The molecule has 0 aliphatic rings. The molecule has 0 aliphatic heterocycles. The number of halogens is 1. The third-order valence-corrected chi connectivity index (χ3v) is 2.93. The van der Waals surface area contributed by atoms with Gasteiger partial charge in [-0.3, -0.25) is 4.18 Å². The molecule has 0 fully saturated rings. The largest absolute Gasteiger partial charge is 0.270 e. The van der Waals surface area contributed by atoms with E-state index in [2.05, 4.69) is 4.18 Å². The average Bonchev–Trinajstić information content (AvgIpc) is 2.09. The van der Waals surface area contributed by atoms with Crippen molar-refractivity contribution in [2.24, 2.45) is 0 Å². The molecule has 1 rings (SSSR count). The summed E-state index contributed by atoms with van der Waals surface area (Å²) in [5.41, 5.74) is 1.97. The molecule has 0 bridgehead atoms. The molecule has 1 aromatic carbocycles. The summed E-state index contributed by atoms with van der Waals surface area (Å²) in [6.45, 7) is 2.07. The van der Waals surface area contributed by atoms with Crippen molar-refractivity contribution in [1.29, 1.82) is 0 Å². The van der Waals surface area contributed by atoms with Crippen LogP contribution in [0.15, 0.2) is 18.2 Å². The van der Waals surface area contributed by atoms with E-state index >= 15 is 0 Å². The monoisotopic (exact) mass is 248 g/mol. The van der Waals surface area contributed by atoms with Crippen LogP contribution in [0, 0.1) is 6.92 Å². The smallest absolute Gasteiger partial charge is 0.264 e. The second-order valence-corrected chi connectivity index (χ2v) is 5.41. The van der Waals surface area contributed by atoms with Gasteiger partial charge in [-0.1, -0.05) is 23.7 Å². The van der Waals surface area contributed by atoms with E-state index in [1.807, 2.05) is 25.1 Å². The molecule has 0 amide bonds. The van der Waals surface area contributed by atoms with Gasteiger partial charge in [0.25, 0.3) is 10.1 Å². The number of aryl methyl sites for hydroxylation is 1. The third-order valence-electron chi connectivity index (χ3n) is 1.92. The Balaban J connectivity index is 2.55. The maximum atomic E-state index is 10.7. The Bertz CT molecular complexity index is 440. The second-order valence-electron chi connectivity index (χ2n) is 3.36. The normalized spacial score (nSPS) is 11.7. The van der Waals surface area contributed by atoms with Gasteiger partial charge in [0, 0.05) is 5.02 Å². The van der Waals surface area contributed by atoms with Gasteiger partial charge in [-0.2, -0.15) is 8.42 Å². The Kier molecular flexibility index (Phi) is 4.13. The molecule has 3 nitrogen and oxygen atoms in total. The van der Waals surface area contributed by atoms with E-state index in [9.17, 15) is 8.42 Å². The maximum Gasteiger partial charge on any atom is 0.264 e. The quantitative estimate of drug-likeness (QED) is 0.767. The van der Waals surface area contributed by atoms with Crippen LogP contribution in [-0.4, -0.2) is 21.3 Å². The highest BCUT2D eigenvalue weighted by Gasteiger charge is 2.02. The highest BCUT2D eigenvalue weighted by Crippen LogP contribution is 2.17. The van der Waals surface area contributed by atoms with Gasteiger partial charge in [-0.25, -0.2) is 0 Å². The molecule has 0 heterocycles. The van der Waals surface area contributed by atoms with Crippen LogP contribution in [0.4, 0.5) is 0 Å². The lowest BCUT2D eigenvalue weighted by Gasteiger charge is -2.04. The number of benzene rings is 1. The Morgan fingerprint density at radius 1 is 1.40 bits per heavy atom. The van der Waals surface area contributed by atoms with Crippen molar-refractivity contribution < 1.29 is 12.6 Å². The van der Waals surface area contributed by atoms with E-state index in [0.29, 0.717) is 11.4 Å². The molecule has 0 N–H and O–H groups in total. The predicted molar refractivity (Wildman–Crippen MR) is 60.7 cm³/mol. The van der Waals surface area contributed by atoms with Gasteiger partial charge in [0.15, 0.2) is 0 Å². The summed E-state index contributed by atoms with van der Waals surface area (Å²) in [5, 5.41) is 0.687. The zero-order chi connectivity index (χ0) is 11.5. The molecule has 0 spiro atoms. The first-order valence-electron chi connectivity index (χ1n) is 4.48. The Morgan fingerprint density at radius 3 is 2.60 bits per heavy atom. The fraction of sp³-hybridized carbons (Fsp3) is 0.400. The average molecular weight is 249 g/mol. The standard InChI is InChI=1S/C10H13ClO3S/c1-8-3-4-9(7-10(8)11)5-6-14-15(2,12)13/h3-4,7H,5-6H2,1-2H3. The van der Waals surface area contributed by atoms with E-state index in [1.54, 1.807) is 0 Å². The van der Waals surface area contributed by atoms with Crippen LogP contribution in [0.2, 0.25) is 5.02 Å². The summed E-state index contributed by atoms with van der Waals surface area (Å²) in [6.07, 6.45) is 1.57. The zero-order valence-corrected chi connectivity index (χ0v) is 10.2. The molecular weight excluding hydrogens is 236 g/mol. The molecule has 1 aromatic rings. The minimum Gasteiger partial charge on any atom is -0.270 e. The van der Waals surface area contributed by atoms with Crippen molar-refractivity contribution in [2.75, 3.05) is 12.9 Å². The van der Waals surface area contributed by atoms with E-state index in [0.717, 1.165) is 17.4 Å². The number of rotatable bonds is 4. The van der Waals surface area contributed by atoms with E-state index in [-0.39, 0.29) is 6.61 Å². The van der Waals surface area contributed by atoms with Crippen LogP contribution < -0.4 is 0 Å². The van der Waals surface area contributed by atoms with Gasteiger partial charge in [0.2, 0.25) is 0 Å². The van der Waals surface area contributed by atoms with Crippen LogP contribution in [0.25, 0.3) is 0 Å². The van der Waals surface area contributed by atoms with Gasteiger partial charge in [0.05, 0.1) is 12.9 Å². The molecule has 5 heteroatoms. The molecule has 0 unspecified atom stereocenters. The van der Waals surface area contributed by atoms with Gasteiger partial charge >= 0.3 is 0 Å². The first-order valence-corrected chi connectivity index (χ1v) is 6.67. The molecular formula is C10H13ClO3S. The molecule has 0 aliphatic carbocycles. The third kappa shape index (κ3) is 4.64. The highest BCUT2D eigenvalue weighted by molar-refractivity contribution is 7.85. The second kappa shape index (κ2) is 4.96. The van der Waals surface area contributed by atoms with Gasteiger partial charge in [-0.15, -0.1) is 0 Å². The van der Waals surface area contributed by atoms with Crippen LogP contribution in [0.5, 0.6) is 0 Å². The first kappa shape index (κ1) is 12.5. The minimum absolute atomic E-state index is 0.151. The van der Waals surface area contributed by atoms with Gasteiger partial charge < -0.3 is 0 Å². The van der Waals surface area contributed by atoms with E-state index < -0.39 is 10.1 Å². The Morgan fingerprint density at radius 2 is 2.07 bits per heavy atom. The van der Waals surface area contributed by atoms with Crippen LogP contribution in [0.3, 0.4) is 0 Å².